The smallest absolute Gasteiger partial charge is 0.0802 e. The van der Waals surface area contributed by atoms with Gasteiger partial charge >= 0.3 is 0 Å². The zero-order valence-electron chi connectivity index (χ0n) is 14.2. The fourth-order valence-electron chi connectivity index (χ4n) is 3.21. The molecule has 0 heterocycles. The van der Waals surface area contributed by atoms with Crippen molar-refractivity contribution in [2.24, 2.45) is 5.73 Å². The third-order valence-electron chi connectivity index (χ3n) is 4.31. The highest BCUT2D eigenvalue weighted by atomic mass is 16.3. The number of aliphatic hydroxyl groups excluding tert-OH is 1. The number of hydrogen-bond acceptors (Lipinski definition) is 3. The van der Waals surface area contributed by atoms with Gasteiger partial charge in [0, 0.05) is 0 Å². The molecular formula is C19H33NO2. The summed E-state index contributed by atoms with van der Waals surface area (Å²) >= 11 is 0. The van der Waals surface area contributed by atoms with E-state index in [1.54, 1.807) is 0 Å². The van der Waals surface area contributed by atoms with Crippen molar-refractivity contribution in [1.82, 2.24) is 0 Å². The number of hydrogen-bond donors (Lipinski definition) is 3. The highest BCUT2D eigenvalue weighted by Crippen LogP contribution is 2.26. The molecule has 0 aliphatic rings. The Kier molecular flexibility index (Phi) is 8.69. The molecule has 0 fully saturated rings. The molecule has 1 aromatic carbocycles. The van der Waals surface area contributed by atoms with Gasteiger partial charge in [-0.05, 0) is 56.2 Å². The van der Waals surface area contributed by atoms with Crippen LogP contribution in [0.2, 0.25) is 0 Å². The van der Waals surface area contributed by atoms with Gasteiger partial charge in [-0.15, -0.1) is 0 Å². The monoisotopic (exact) mass is 307 g/mol. The average molecular weight is 307 g/mol. The predicted octanol–water partition coefficient (Wildman–Crippen LogP) is 3.72. The second-order valence-corrected chi connectivity index (χ2v) is 6.42. The molecule has 1 rings (SSSR count). The van der Waals surface area contributed by atoms with Crippen LogP contribution in [-0.2, 0) is 6.42 Å². The highest BCUT2D eigenvalue weighted by Gasteiger charge is 2.23. The maximum atomic E-state index is 10.6. The van der Waals surface area contributed by atoms with Gasteiger partial charge in [0.05, 0.1) is 11.7 Å². The molecular weight excluding hydrogens is 274 g/mol. The van der Waals surface area contributed by atoms with E-state index in [0.29, 0.717) is 13.0 Å². The molecule has 22 heavy (non-hydrogen) atoms. The van der Waals surface area contributed by atoms with E-state index < -0.39 is 11.7 Å². The first kappa shape index (κ1) is 19.1. The van der Waals surface area contributed by atoms with Crippen molar-refractivity contribution in [1.29, 1.82) is 0 Å². The molecule has 4 N–H and O–H groups in total. The van der Waals surface area contributed by atoms with Crippen LogP contribution in [0.5, 0.6) is 0 Å². The highest BCUT2D eigenvalue weighted by molar-refractivity contribution is 5.25. The summed E-state index contributed by atoms with van der Waals surface area (Å²) in [6.45, 7) is 4.75. The molecule has 0 bridgehead atoms. The van der Waals surface area contributed by atoms with Gasteiger partial charge in [0.1, 0.15) is 0 Å². The maximum absolute atomic E-state index is 10.6. The first-order valence-electron chi connectivity index (χ1n) is 8.74. The molecule has 3 heteroatoms. The quantitative estimate of drug-likeness (QED) is 0.583. The third-order valence-corrected chi connectivity index (χ3v) is 4.31. The van der Waals surface area contributed by atoms with Gasteiger partial charge in [-0.1, -0.05) is 51.0 Å². The van der Waals surface area contributed by atoms with Gasteiger partial charge in [-0.3, -0.25) is 0 Å². The van der Waals surface area contributed by atoms with Crippen LogP contribution in [0, 0.1) is 0 Å². The van der Waals surface area contributed by atoms with Crippen LogP contribution in [0.4, 0.5) is 0 Å². The molecule has 0 saturated carbocycles. The lowest BCUT2D eigenvalue weighted by Gasteiger charge is -2.27. The van der Waals surface area contributed by atoms with Gasteiger partial charge in [-0.2, -0.15) is 0 Å². The summed E-state index contributed by atoms with van der Waals surface area (Å²) in [7, 11) is 0. The van der Waals surface area contributed by atoms with Crippen molar-refractivity contribution in [3.63, 3.8) is 0 Å². The molecule has 1 aromatic rings. The summed E-state index contributed by atoms with van der Waals surface area (Å²) in [6.07, 6.45) is 6.72. The first-order chi connectivity index (χ1) is 10.5. The van der Waals surface area contributed by atoms with Crippen molar-refractivity contribution in [2.75, 3.05) is 6.54 Å². The fraction of sp³-hybridized carbons (Fsp3) is 0.684. The lowest BCUT2D eigenvalue weighted by molar-refractivity contribution is 0.0112. The molecule has 0 aliphatic carbocycles. The largest absolute Gasteiger partial charge is 0.390 e. The average Bonchev–Trinajstić information content (AvgIpc) is 2.48. The van der Waals surface area contributed by atoms with Crippen molar-refractivity contribution >= 4 is 0 Å². The minimum atomic E-state index is -0.500. The summed E-state index contributed by atoms with van der Waals surface area (Å²) in [5, 5.41) is 20.7. The minimum absolute atomic E-state index is 0.470. The summed E-state index contributed by atoms with van der Waals surface area (Å²) < 4.78 is 0. The van der Waals surface area contributed by atoms with E-state index in [4.69, 9.17) is 5.73 Å². The standard InChI is InChI=1S/C19H33NO2/c1-3-11-19(22,12-4-2)13-6-8-16-7-5-9-17(15-16)18(21)10-14-20/h5,7,9,15,18,21-22H,3-4,6,8,10-14,20H2,1-2H3. The van der Waals surface area contributed by atoms with Gasteiger partial charge in [0.2, 0.25) is 0 Å². The van der Waals surface area contributed by atoms with Crippen LogP contribution in [-0.4, -0.2) is 22.4 Å². The summed E-state index contributed by atoms with van der Waals surface area (Å²) in [6, 6.07) is 8.11. The molecule has 0 saturated heterocycles. The topological polar surface area (TPSA) is 66.5 Å². The Balaban J connectivity index is 2.55. The number of rotatable bonds is 11. The van der Waals surface area contributed by atoms with Crippen LogP contribution in [0.25, 0.3) is 0 Å². The zero-order chi connectivity index (χ0) is 16.4. The maximum Gasteiger partial charge on any atom is 0.0802 e. The zero-order valence-corrected chi connectivity index (χ0v) is 14.2. The van der Waals surface area contributed by atoms with E-state index in [1.165, 1.54) is 5.56 Å². The Morgan fingerprint density at radius 1 is 1.14 bits per heavy atom. The lowest BCUT2D eigenvalue weighted by atomic mass is 9.87. The third kappa shape index (κ3) is 6.47. The molecule has 0 spiro atoms. The first-order valence-corrected chi connectivity index (χ1v) is 8.74. The molecule has 1 atom stereocenters. The molecule has 126 valence electrons. The van der Waals surface area contributed by atoms with Crippen LogP contribution in [0.1, 0.15) is 76.0 Å². The SMILES string of the molecule is CCCC(O)(CCC)CCCc1cccc(C(O)CCN)c1. The van der Waals surface area contributed by atoms with E-state index in [1.807, 2.05) is 12.1 Å². The van der Waals surface area contributed by atoms with E-state index in [-0.39, 0.29) is 0 Å². The van der Waals surface area contributed by atoms with Crippen molar-refractivity contribution < 1.29 is 10.2 Å². The Bertz CT molecular complexity index is 414. The number of aryl methyl sites for hydroxylation is 1. The van der Waals surface area contributed by atoms with E-state index in [9.17, 15) is 10.2 Å². The Morgan fingerprint density at radius 3 is 2.41 bits per heavy atom. The van der Waals surface area contributed by atoms with Crippen molar-refractivity contribution in [3.05, 3.63) is 35.4 Å². The van der Waals surface area contributed by atoms with Crippen LogP contribution in [0.3, 0.4) is 0 Å². The van der Waals surface area contributed by atoms with E-state index in [2.05, 4.69) is 26.0 Å². The van der Waals surface area contributed by atoms with Gasteiger partial charge in [0.15, 0.2) is 0 Å². The van der Waals surface area contributed by atoms with E-state index >= 15 is 0 Å². The normalized spacial score (nSPS) is 13.3. The van der Waals surface area contributed by atoms with Gasteiger partial charge < -0.3 is 15.9 Å². The van der Waals surface area contributed by atoms with Crippen LogP contribution < -0.4 is 5.73 Å². The summed E-state index contributed by atoms with van der Waals surface area (Å²) in [5.41, 5.74) is 7.17. The molecule has 0 aliphatic heterocycles. The number of aliphatic hydroxyl groups is 2. The minimum Gasteiger partial charge on any atom is -0.390 e. The molecule has 1 unspecified atom stereocenters. The summed E-state index contributed by atoms with van der Waals surface area (Å²) in [4.78, 5) is 0. The Hall–Kier alpha value is -0.900. The molecule has 0 radical (unpaired) electrons. The van der Waals surface area contributed by atoms with Crippen LogP contribution >= 0.6 is 0 Å². The number of nitrogens with two attached hydrogens (primary N) is 1. The van der Waals surface area contributed by atoms with Crippen molar-refractivity contribution in [2.45, 2.75) is 76.9 Å². The lowest BCUT2D eigenvalue weighted by Crippen LogP contribution is -2.28. The number of benzene rings is 1. The van der Waals surface area contributed by atoms with Crippen LogP contribution in [0.15, 0.2) is 24.3 Å². The fourth-order valence-corrected chi connectivity index (χ4v) is 3.21. The Labute approximate surface area is 135 Å². The predicted molar refractivity (Wildman–Crippen MR) is 92.8 cm³/mol. The molecule has 0 amide bonds. The Morgan fingerprint density at radius 2 is 1.82 bits per heavy atom. The molecule has 0 aromatic heterocycles. The van der Waals surface area contributed by atoms with Gasteiger partial charge in [-0.25, -0.2) is 0 Å². The van der Waals surface area contributed by atoms with Gasteiger partial charge in [0.25, 0.3) is 0 Å². The summed E-state index contributed by atoms with van der Waals surface area (Å²) in [5.74, 6) is 0. The second-order valence-electron chi connectivity index (χ2n) is 6.42. The van der Waals surface area contributed by atoms with E-state index in [0.717, 1.165) is 50.5 Å². The van der Waals surface area contributed by atoms with Crippen molar-refractivity contribution in [3.8, 4) is 0 Å². The molecule has 3 nitrogen and oxygen atoms in total. The second kappa shape index (κ2) is 9.98.